The predicted molar refractivity (Wildman–Crippen MR) is 85.6 cm³/mol. The van der Waals surface area contributed by atoms with E-state index < -0.39 is 17.4 Å². The van der Waals surface area contributed by atoms with Gasteiger partial charge in [0.2, 0.25) is 0 Å². The Labute approximate surface area is 130 Å². The summed E-state index contributed by atoms with van der Waals surface area (Å²) in [5, 5.41) is 9.28. The van der Waals surface area contributed by atoms with Crippen molar-refractivity contribution in [2.24, 2.45) is 11.1 Å². The average Bonchev–Trinajstić information content (AvgIpc) is 2.53. The molecule has 2 rings (SSSR count). The Kier molecular flexibility index (Phi) is 4.83. The van der Waals surface area contributed by atoms with Crippen LogP contribution >= 0.6 is 0 Å². The van der Waals surface area contributed by atoms with Crippen molar-refractivity contribution >= 4 is 5.97 Å². The quantitative estimate of drug-likeness (QED) is 0.857. The van der Waals surface area contributed by atoms with Gasteiger partial charge < -0.3 is 15.6 Å². The molecule has 22 heavy (non-hydrogen) atoms. The van der Waals surface area contributed by atoms with Crippen LogP contribution in [-0.2, 0) is 11.4 Å². The third kappa shape index (κ3) is 3.65. The van der Waals surface area contributed by atoms with E-state index in [1.807, 2.05) is 48.5 Å². The molecule has 0 aliphatic rings. The molecule has 0 saturated carbocycles. The highest BCUT2D eigenvalue weighted by molar-refractivity contribution is 5.75. The summed E-state index contributed by atoms with van der Waals surface area (Å²) < 4.78 is 5.75. The second-order valence-corrected chi connectivity index (χ2v) is 5.85. The van der Waals surface area contributed by atoms with Crippen molar-refractivity contribution in [3.05, 3.63) is 65.7 Å². The van der Waals surface area contributed by atoms with Crippen LogP contribution in [0.1, 0.15) is 31.0 Å². The molecule has 0 aromatic heterocycles. The minimum absolute atomic E-state index is 0.460. The number of aliphatic carboxylic acids is 1. The molecule has 116 valence electrons. The zero-order chi connectivity index (χ0) is 16.2. The number of ether oxygens (including phenoxy) is 1. The summed E-state index contributed by atoms with van der Waals surface area (Å²) in [7, 11) is 0. The summed E-state index contributed by atoms with van der Waals surface area (Å²) in [6.07, 6.45) is 0. The van der Waals surface area contributed by atoms with Crippen molar-refractivity contribution < 1.29 is 14.6 Å². The maximum Gasteiger partial charge on any atom is 0.311 e. The minimum Gasteiger partial charge on any atom is -0.489 e. The van der Waals surface area contributed by atoms with E-state index in [1.54, 1.807) is 19.9 Å². The Bertz CT molecular complexity index is 638. The molecule has 2 aromatic rings. The van der Waals surface area contributed by atoms with Gasteiger partial charge in [-0.15, -0.1) is 0 Å². The number of carboxylic acids is 1. The summed E-state index contributed by atoms with van der Waals surface area (Å²) in [5.74, 6) is -0.242. The number of benzene rings is 2. The fraction of sp³-hybridized carbons (Fsp3) is 0.278. The van der Waals surface area contributed by atoms with Crippen LogP contribution in [0.15, 0.2) is 54.6 Å². The Morgan fingerprint density at radius 2 is 1.86 bits per heavy atom. The van der Waals surface area contributed by atoms with Gasteiger partial charge in [-0.25, -0.2) is 0 Å². The first kappa shape index (κ1) is 16.0. The van der Waals surface area contributed by atoms with Gasteiger partial charge in [-0.2, -0.15) is 0 Å². The van der Waals surface area contributed by atoms with Crippen molar-refractivity contribution in [3.8, 4) is 5.75 Å². The van der Waals surface area contributed by atoms with Crippen molar-refractivity contribution in [2.75, 3.05) is 0 Å². The molecule has 0 radical (unpaired) electrons. The predicted octanol–water partition coefficient (Wildman–Crippen LogP) is 3.38. The van der Waals surface area contributed by atoms with Gasteiger partial charge in [0, 0.05) is 6.04 Å². The van der Waals surface area contributed by atoms with E-state index >= 15 is 0 Å². The molecular weight excluding hydrogens is 278 g/mol. The van der Waals surface area contributed by atoms with E-state index in [9.17, 15) is 9.90 Å². The van der Waals surface area contributed by atoms with Crippen LogP contribution in [0.3, 0.4) is 0 Å². The average molecular weight is 299 g/mol. The normalized spacial score (nSPS) is 12.7. The molecular formula is C18H21NO3. The summed E-state index contributed by atoms with van der Waals surface area (Å²) in [4.78, 5) is 11.3. The summed E-state index contributed by atoms with van der Waals surface area (Å²) in [6, 6.07) is 16.5. The number of hydrogen-bond acceptors (Lipinski definition) is 3. The third-order valence-corrected chi connectivity index (χ3v) is 3.79. The molecule has 0 saturated heterocycles. The van der Waals surface area contributed by atoms with Crippen molar-refractivity contribution in [1.29, 1.82) is 0 Å². The van der Waals surface area contributed by atoms with Crippen LogP contribution in [0, 0.1) is 5.41 Å². The van der Waals surface area contributed by atoms with Crippen molar-refractivity contribution in [3.63, 3.8) is 0 Å². The maximum absolute atomic E-state index is 11.3. The lowest BCUT2D eigenvalue weighted by molar-refractivity contribution is -0.148. The number of carbonyl (C=O) groups is 1. The molecule has 0 heterocycles. The number of carboxylic acid groups (broad SMARTS) is 1. The van der Waals surface area contributed by atoms with E-state index in [1.165, 1.54) is 0 Å². The van der Waals surface area contributed by atoms with Gasteiger partial charge >= 0.3 is 5.97 Å². The number of rotatable bonds is 6. The van der Waals surface area contributed by atoms with Crippen LogP contribution in [0.25, 0.3) is 0 Å². The Hall–Kier alpha value is -2.33. The maximum atomic E-state index is 11.3. The van der Waals surface area contributed by atoms with E-state index in [0.717, 1.165) is 11.1 Å². The lowest BCUT2D eigenvalue weighted by Gasteiger charge is -2.27. The standard InChI is InChI=1S/C18H21NO3/c1-18(2,17(20)21)16(19)14-9-6-10-15(11-14)22-12-13-7-4-3-5-8-13/h3-11,16H,12,19H2,1-2H3,(H,20,21). The highest BCUT2D eigenvalue weighted by atomic mass is 16.5. The summed E-state index contributed by atoms with van der Waals surface area (Å²) >= 11 is 0. The first-order valence-corrected chi connectivity index (χ1v) is 7.17. The van der Waals surface area contributed by atoms with Gasteiger partial charge in [0.05, 0.1) is 5.41 Å². The first-order valence-electron chi connectivity index (χ1n) is 7.17. The van der Waals surface area contributed by atoms with Crippen LogP contribution in [0.5, 0.6) is 5.75 Å². The van der Waals surface area contributed by atoms with Gasteiger partial charge in [-0.1, -0.05) is 42.5 Å². The zero-order valence-corrected chi connectivity index (χ0v) is 12.8. The molecule has 0 spiro atoms. The molecule has 1 unspecified atom stereocenters. The van der Waals surface area contributed by atoms with E-state index in [0.29, 0.717) is 12.4 Å². The SMILES string of the molecule is CC(C)(C(=O)O)C(N)c1cccc(OCc2ccccc2)c1. The zero-order valence-electron chi connectivity index (χ0n) is 12.8. The topological polar surface area (TPSA) is 72.5 Å². The second-order valence-electron chi connectivity index (χ2n) is 5.85. The third-order valence-electron chi connectivity index (χ3n) is 3.79. The summed E-state index contributed by atoms with van der Waals surface area (Å²) in [5.41, 5.74) is 6.89. The van der Waals surface area contributed by atoms with E-state index in [-0.39, 0.29) is 0 Å². The van der Waals surface area contributed by atoms with Crippen LogP contribution in [0.2, 0.25) is 0 Å². The van der Waals surface area contributed by atoms with Crippen molar-refractivity contribution in [1.82, 2.24) is 0 Å². The largest absolute Gasteiger partial charge is 0.489 e. The van der Waals surface area contributed by atoms with Gasteiger partial charge in [-0.05, 0) is 37.1 Å². The van der Waals surface area contributed by atoms with Gasteiger partial charge in [0.1, 0.15) is 12.4 Å². The Balaban J connectivity index is 2.11. The second kappa shape index (κ2) is 6.62. The van der Waals surface area contributed by atoms with E-state index in [2.05, 4.69) is 0 Å². The molecule has 2 aromatic carbocycles. The fourth-order valence-corrected chi connectivity index (χ4v) is 2.09. The molecule has 1 atom stereocenters. The smallest absolute Gasteiger partial charge is 0.311 e. The molecule has 0 fully saturated rings. The van der Waals surface area contributed by atoms with Crippen LogP contribution in [-0.4, -0.2) is 11.1 Å². The van der Waals surface area contributed by atoms with E-state index in [4.69, 9.17) is 10.5 Å². The van der Waals surface area contributed by atoms with Gasteiger partial charge in [0.25, 0.3) is 0 Å². The van der Waals surface area contributed by atoms with Gasteiger partial charge in [-0.3, -0.25) is 4.79 Å². The molecule has 3 N–H and O–H groups in total. The Morgan fingerprint density at radius 3 is 2.50 bits per heavy atom. The van der Waals surface area contributed by atoms with Crippen LogP contribution in [0.4, 0.5) is 0 Å². The molecule has 0 amide bonds. The molecule has 0 aliphatic heterocycles. The summed E-state index contributed by atoms with van der Waals surface area (Å²) in [6.45, 7) is 3.71. The molecule has 0 bridgehead atoms. The molecule has 4 heteroatoms. The minimum atomic E-state index is -1.04. The molecule has 0 aliphatic carbocycles. The number of hydrogen-bond donors (Lipinski definition) is 2. The lowest BCUT2D eigenvalue weighted by atomic mass is 9.81. The highest BCUT2D eigenvalue weighted by Gasteiger charge is 2.35. The first-order chi connectivity index (χ1) is 10.4. The van der Waals surface area contributed by atoms with Crippen LogP contribution < -0.4 is 10.5 Å². The fourth-order valence-electron chi connectivity index (χ4n) is 2.09. The Morgan fingerprint density at radius 1 is 1.18 bits per heavy atom. The highest BCUT2D eigenvalue weighted by Crippen LogP contribution is 2.33. The lowest BCUT2D eigenvalue weighted by Crippen LogP contribution is -2.36. The number of nitrogens with two attached hydrogens (primary N) is 1. The van der Waals surface area contributed by atoms with Gasteiger partial charge in [0.15, 0.2) is 0 Å². The molecule has 4 nitrogen and oxygen atoms in total. The monoisotopic (exact) mass is 299 g/mol. The van der Waals surface area contributed by atoms with Crippen molar-refractivity contribution in [2.45, 2.75) is 26.5 Å².